The standard InChI is InChI=1S/C43H38B/c1-5-8-17-32(4)42-29-39(30-43(41(42)16-7-3)35-20-10-9-11-21-35)36-22-14-23-37(28-36)40(15-6-2)38-25-24-33-18-12-13-19-34(33)26-27-44-31-38/h5-15,17-30H,1,3-4,16,31H2,2H3/b15-6-,17-8-,25-24+,27-26+,40-38-. The number of allylic oxidation sites excluding steroid dienone is 10. The van der Waals surface area contributed by atoms with Crippen molar-refractivity contribution in [3.8, 4) is 22.3 Å². The molecule has 0 unspecified atom stereocenters. The summed E-state index contributed by atoms with van der Waals surface area (Å²) in [6.07, 6.45) is 20.4. The molecule has 0 atom stereocenters. The average molecular weight is 566 g/mol. The minimum Gasteiger partial charge on any atom is -0.122 e. The van der Waals surface area contributed by atoms with Gasteiger partial charge in [0, 0.05) is 0 Å². The molecule has 1 heterocycles. The van der Waals surface area contributed by atoms with E-state index in [0.29, 0.717) is 0 Å². The van der Waals surface area contributed by atoms with Crippen molar-refractivity contribution >= 4 is 30.6 Å². The molecule has 4 aromatic carbocycles. The van der Waals surface area contributed by atoms with Crippen molar-refractivity contribution in [2.24, 2.45) is 0 Å². The van der Waals surface area contributed by atoms with Crippen LogP contribution in [-0.2, 0) is 6.42 Å². The summed E-state index contributed by atoms with van der Waals surface area (Å²) >= 11 is 0. The lowest BCUT2D eigenvalue weighted by molar-refractivity contribution is 1.26. The SMILES string of the molecule is C=C/C=C\C(=C)c1cc(-c2cccc(C(/C=C\C)=C3/C=C/c4ccccc4/C=C/[B]C3)c2)cc(-c2ccccc2)c1CC=C. The lowest BCUT2D eigenvalue weighted by Crippen LogP contribution is -1.98. The van der Waals surface area contributed by atoms with Crippen LogP contribution in [0.2, 0.25) is 6.32 Å². The molecular weight excluding hydrogens is 527 g/mol. The van der Waals surface area contributed by atoms with Crippen molar-refractivity contribution in [1.82, 2.24) is 0 Å². The molecule has 0 bridgehead atoms. The molecule has 0 saturated carbocycles. The van der Waals surface area contributed by atoms with Crippen LogP contribution in [0.1, 0.15) is 34.7 Å². The van der Waals surface area contributed by atoms with Crippen molar-refractivity contribution < 1.29 is 0 Å². The fourth-order valence-corrected chi connectivity index (χ4v) is 5.70. The summed E-state index contributed by atoms with van der Waals surface area (Å²) in [7, 11) is 2.24. The number of benzene rings is 4. The largest absolute Gasteiger partial charge is 0.146 e. The van der Waals surface area contributed by atoms with Crippen LogP contribution in [-0.4, -0.2) is 7.28 Å². The van der Waals surface area contributed by atoms with Gasteiger partial charge in [0.15, 0.2) is 0 Å². The van der Waals surface area contributed by atoms with E-state index in [2.05, 4.69) is 161 Å². The van der Waals surface area contributed by atoms with Gasteiger partial charge in [0.1, 0.15) is 7.28 Å². The van der Waals surface area contributed by atoms with Gasteiger partial charge in [-0.3, -0.25) is 0 Å². The first-order chi connectivity index (χ1) is 21.6. The zero-order chi connectivity index (χ0) is 30.7. The maximum absolute atomic E-state index is 4.44. The molecule has 0 N–H and O–H groups in total. The quantitative estimate of drug-likeness (QED) is 0.108. The molecule has 0 fully saturated rings. The normalized spacial score (nSPS) is 15.4. The van der Waals surface area contributed by atoms with Crippen LogP contribution in [0.25, 0.3) is 45.6 Å². The molecule has 4 aromatic rings. The fraction of sp³-hybridized carbons (Fsp3) is 0.0698. The zero-order valence-corrected chi connectivity index (χ0v) is 25.5. The first-order valence-corrected chi connectivity index (χ1v) is 15.2. The number of hydrogen-bond donors (Lipinski definition) is 0. The molecule has 1 heteroatoms. The van der Waals surface area contributed by atoms with Crippen LogP contribution >= 0.6 is 0 Å². The van der Waals surface area contributed by atoms with E-state index in [4.69, 9.17) is 0 Å². The van der Waals surface area contributed by atoms with Crippen LogP contribution in [0.3, 0.4) is 0 Å². The molecular formula is C43H38B. The van der Waals surface area contributed by atoms with Gasteiger partial charge in [-0.05, 0) is 98.3 Å². The van der Waals surface area contributed by atoms with Gasteiger partial charge in [-0.25, -0.2) is 0 Å². The molecule has 44 heavy (non-hydrogen) atoms. The van der Waals surface area contributed by atoms with E-state index in [9.17, 15) is 0 Å². The van der Waals surface area contributed by atoms with Gasteiger partial charge in [-0.1, -0.05) is 147 Å². The molecule has 1 aliphatic heterocycles. The third-order valence-corrected chi connectivity index (χ3v) is 7.86. The minimum atomic E-state index is 0.749. The highest BCUT2D eigenvalue weighted by Gasteiger charge is 2.15. The van der Waals surface area contributed by atoms with Gasteiger partial charge >= 0.3 is 0 Å². The molecule has 0 nitrogen and oxygen atoms in total. The van der Waals surface area contributed by atoms with E-state index in [1.54, 1.807) is 6.08 Å². The Hall–Kier alpha value is -5.14. The van der Waals surface area contributed by atoms with Gasteiger partial charge < -0.3 is 0 Å². The molecule has 0 saturated heterocycles. The smallest absolute Gasteiger partial charge is 0.122 e. The third-order valence-electron chi connectivity index (χ3n) is 7.86. The van der Waals surface area contributed by atoms with Crippen LogP contribution in [0, 0.1) is 0 Å². The zero-order valence-electron chi connectivity index (χ0n) is 25.5. The number of fused-ring (bicyclic) bond motifs is 1. The predicted octanol–water partition coefficient (Wildman–Crippen LogP) is 11.7. The van der Waals surface area contributed by atoms with E-state index >= 15 is 0 Å². The molecule has 0 aromatic heterocycles. The summed E-state index contributed by atoms with van der Waals surface area (Å²) in [4.78, 5) is 0. The van der Waals surface area contributed by atoms with Crippen LogP contribution in [0.15, 0.2) is 165 Å². The van der Waals surface area contributed by atoms with E-state index in [0.717, 1.165) is 35.0 Å². The monoisotopic (exact) mass is 565 g/mol. The Balaban J connectivity index is 1.68. The highest BCUT2D eigenvalue weighted by atomic mass is 14.2. The summed E-state index contributed by atoms with van der Waals surface area (Å²) in [5.74, 6) is 2.17. The Morgan fingerprint density at radius 2 is 1.52 bits per heavy atom. The Labute approximate surface area is 264 Å². The first kappa shape index (κ1) is 30.3. The molecule has 5 rings (SSSR count). The topological polar surface area (TPSA) is 0 Å². The van der Waals surface area contributed by atoms with E-state index in [-0.39, 0.29) is 0 Å². The summed E-state index contributed by atoms with van der Waals surface area (Å²) in [5.41, 5.74) is 14.1. The summed E-state index contributed by atoms with van der Waals surface area (Å²) in [6, 6.07) is 32.6. The molecule has 0 amide bonds. The second kappa shape index (κ2) is 14.9. The van der Waals surface area contributed by atoms with Gasteiger partial charge in [0.05, 0.1) is 0 Å². The highest BCUT2D eigenvalue weighted by molar-refractivity contribution is 6.44. The summed E-state index contributed by atoms with van der Waals surface area (Å²) in [6.45, 7) is 14.5. The fourth-order valence-electron chi connectivity index (χ4n) is 5.70. The maximum Gasteiger partial charge on any atom is 0.146 e. The molecule has 1 aliphatic rings. The second-order valence-corrected chi connectivity index (χ2v) is 10.8. The van der Waals surface area contributed by atoms with Crippen LogP contribution in [0.4, 0.5) is 0 Å². The second-order valence-electron chi connectivity index (χ2n) is 10.8. The molecule has 213 valence electrons. The Morgan fingerprint density at radius 1 is 0.773 bits per heavy atom. The Kier molecular flexibility index (Phi) is 10.2. The van der Waals surface area contributed by atoms with Crippen molar-refractivity contribution in [2.75, 3.05) is 0 Å². The minimum absolute atomic E-state index is 0.749. The highest BCUT2D eigenvalue weighted by Crippen LogP contribution is 2.37. The first-order valence-electron chi connectivity index (χ1n) is 15.2. The van der Waals surface area contributed by atoms with E-state index in [1.807, 2.05) is 18.2 Å². The van der Waals surface area contributed by atoms with Gasteiger partial charge in [-0.2, -0.15) is 0 Å². The molecule has 0 aliphatic carbocycles. The van der Waals surface area contributed by atoms with Crippen molar-refractivity contribution in [3.05, 3.63) is 193 Å². The van der Waals surface area contributed by atoms with Gasteiger partial charge in [0.25, 0.3) is 0 Å². The van der Waals surface area contributed by atoms with Crippen LogP contribution < -0.4 is 0 Å². The van der Waals surface area contributed by atoms with E-state index in [1.165, 1.54) is 44.5 Å². The lowest BCUT2D eigenvalue weighted by atomic mass is 9.70. The van der Waals surface area contributed by atoms with Crippen LogP contribution in [0.5, 0.6) is 0 Å². The Morgan fingerprint density at radius 3 is 2.27 bits per heavy atom. The molecule has 1 radical (unpaired) electrons. The van der Waals surface area contributed by atoms with E-state index < -0.39 is 0 Å². The van der Waals surface area contributed by atoms with Crippen molar-refractivity contribution in [2.45, 2.75) is 19.7 Å². The van der Waals surface area contributed by atoms with Crippen molar-refractivity contribution in [3.63, 3.8) is 0 Å². The average Bonchev–Trinajstić information content (AvgIpc) is 3.17. The predicted molar refractivity (Wildman–Crippen MR) is 196 cm³/mol. The lowest BCUT2D eigenvalue weighted by Gasteiger charge is -2.18. The maximum atomic E-state index is 4.44. The van der Waals surface area contributed by atoms with Gasteiger partial charge in [-0.15, -0.1) is 12.6 Å². The van der Waals surface area contributed by atoms with Crippen molar-refractivity contribution in [1.29, 1.82) is 0 Å². The number of rotatable bonds is 9. The summed E-state index contributed by atoms with van der Waals surface area (Å²) < 4.78 is 0. The number of hydrogen-bond acceptors (Lipinski definition) is 0. The summed E-state index contributed by atoms with van der Waals surface area (Å²) in [5, 5.41) is 0. The third kappa shape index (κ3) is 7.08. The van der Waals surface area contributed by atoms with Gasteiger partial charge in [0.2, 0.25) is 0 Å². The molecule has 0 spiro atoms. The Bertz CT molecular complexity index is 1820.